The number of para-hydroxylation sites is 3. The van der Waals surface area contributed by atoms with Gasteiger partial charge in [-0.25, -0.2) is 9.97 Å². The molecular weight excluding hydrogens is 514 g/mol. The smallest absolute Gasteiger partial charge is 0.267 e. The number of thiocarbonyl (C=S) groups is 1. The zero-order valence-corrected chi connectivity index (χ0v) is 23.0. The van der Waals surface area contributed by atoms with E-state index < -0.39 is 6.10 Å². The minimum atomic E-state index is -0.674. The molecule has 2 aliphatic heterocycles. The number of hydrogen-bond donors (Lipinski definition) is 2. The van der Waals surface area contributed by atoms with Gasteiger partial charge >= 0.3 is 0 Å². The zero-order chi connectivity index (χ0) is 27.4. The molecule has 2 aliphatic rings. The molecule has 0 aliphatic carbocycles. The van der Waals surface area contributed by atoms with E-state index in [1.165, 1.54) is 0 Å². The molecule has 1 unspecified atom stereocenters. The fraction of sp³-hybridized carbons (Fsp3) is 0.321. The largest absolute Gasteiger partial charge is 0.485 e. The summed E-state index contributed by atoms with van der Waals surface area (Å²) in [6.07, 6.45) is -0.674. The number of amides is 1. The Bertz CT molecular complexity index is 1390. The van der Waals surface area contributed by atoms with Crippen molar-refractivity contribution in [3.05, 3.63) is 71.5 Å². The highest BCUT2D eigenvalue weighted by molar-refractivity contribution is 7.80. The summed E-state index contributed by atoms with van der Waals surface area (Å²) in [7, 11) is 0. The van der Waals surface area contributed by atoms with Crippen molar-refractivity contribution < 1.29 is 14.3 Å². The number of anilines is 2. The lowest BCUT2D eigenvalue weighted by molar-refractivity contribution is -0.142. The van der Waals surface area contributed by atoms with Crippen LogP contribution in [0.15, 0.2) is 59.6 Å². The Balaban J connectivity index is 1.29. The summed E-state index contributed by atoms with van der Waals surface area (Å²) in [5, 5.41) is 6.77. The standard InChI is InChI=1S/C28H31N7O3S/c1-18-8-4-5-9-21(18)31-28(39)33-27(32-26-29-19(2)16-20(3)30-26)35-14-12-34(13-15-35)25(36)24-17-37-22-10-6-7-11-23(22)38-24/h4-11,16,24H,12-15,17H2,1-3H3,(H2,29,30,31,32,33,39). The van der Waals surface area contributed by atoms with Gasteiger partial charge in [-0.3, -0.25) is 10.1 Å². The van der Waals surface area contributed by atoms with Gasteiger partial charge < -0.3 is 24.6 Å². The third-order valence-electron chi connectivity index (χ3n) is 6.47. The summed E-state index contributed by atoms with van der Waals surface area (Å²) in [4.78, 5) is 30.8. The van der Waals surface area contributed by atoms with Crippen LogP contribution < -0.4 is 20.1 Å². The molecule has 3 aromatic rings. The van der Waals surface area contributed by atoms with Crippen LogP contribution in [0.1, 0.15) is 17.0 Å². The van der Waals surface area contributed by atoms with Crippen LogP contribution in [0, 0.1) is 20.8 Å². The van der Waals surface area contributed by atoms with Gasteiger partial charge in [0.05, 0.1) is 0 Å². The third-order valence-corrected chi connectivity index (χ3v) is 6.67. The molecule has 2 N–H and O–H groups in total. The first-order valence-electron chi connectivity index (χ1n) is 12.8. The Hall–Kier alpha value is -4.25. The average molecular weight is 546 g/mol. The van der Waals surface area contributed by atoms with Crippen molar-refractivity contribution in [3.8, 4) is 11.5 Å². The number of nitrogens with zero attached hydrogens (tertiary/aromatic N) is 5. The summed E-state index contributed by atoms with van der Waals surface area (Å²) >= 11 is 5.59. The maximum atomic E-state index is 13.2. The van der Waals surface area contributed by atoms with Crippen LogP contribution in [0.2, 0.25) is 0 Å². The van der Waals surface area contributed by atoms with Crippen molar-refractivity contribution in [3.63, 3.8) is 0 Å². The molecular formula is C28H31N7O3S. The van der Waals surface area contributed by atoms with Crippen molar-refractivity contribution in [1.29, 1.82) is 0 Å². The van der Waals surface area contributed by atoms with Gasteiger partial charge in [0.25, 0.3) is 5.91 Å². The van der Waals surface area contributed by atoms with Crippen molar-refractivity contribution in [2.75, 3.05) is 43.4 Å². The number of aryl methyl sites for hydroxylation is 3. The number of piperazine rings is 1. The number of nitrogens with one attached hydrogen (secondary N) is 2. The first kappa shape index (κ1) is 26.4. The van der Waals surface area contributed by atoms with Crippen molar-refractivity contribution in [2.24, 2.45) is 4.99 Å². The van der Waals surface area contributed by atoms with Crippen LogP contribution in [0.4, 0.5) is 11.6 Å². The van der Waals surface area contributed by atoms with E-state index in [0.29, 0.717) is 54.7 Å². The Morgan fingerprint density at radius 3 is 2.28 bits per heavy atom. The molecule has 2 aromatic carbocycles. The van der Waals surface area contributed by atoms with E-state index >= 15 is 0 Å². The lowest BCUT2D eigenvalue weighted by Crippen LogP contribution is -2.56. The molecule has 202 valence electrons. The van der Waals surface area contributed by atoms with E-state index in [-0.39, 0.29) is 12.5 Å². The number of aromatic nitrogens is 2. The third kappa shape index (κ3) is 6.43. The molecule has 11 heteroatoms. The SMILES string of the molecule is Cc1cc(C)nc(N/C(=N/C(=S)Nc2ccccc2C)N2CCN(C(=O)C3COc4ccccc4O3)CC2)n1. The summed E-state index contributed by atoms with van der Waals surface area (Å²) < 4.78 is 11.7. The van der Waals surface area contributed by atoms with Crippen LogP contribution in [-0.4, -0.2) is 75.6 Å². The number of carbonyl (C=O) groups excluding carboxylic acids is 1. The summed E-state index contributed by atoms with van der Waals surface area (Å²) in [5.74, 6) is 2.11. The van der Waals surface area contributed by atoms with Crippen LogP contribution in [0.25, 0.3) is 0 Å². The summed E-state index contributed by atoms with van der Waals surface area (Å²) in [6.45, 7) is 8.10. The molecule has 0 bridgehead atoms. The number of benzene rings is 2. The topological polar surface area (TPSA) is 104 Å². The molecule has 1 saturated heterocycles. The van der Waals surface area contributed by atoms with Crippen molar-refractivity contribution in [1.82, 2.24) is 19.8 Å². The van der Waals surface area contributed by atoms with E-state index in [1.54, 1.807) is 4.90 Å². The number of rotatable bonds is 3. The molecule has 1 atom stereocenters. The molecule has 1 aromatic heterocycles. The van der Waals surface area contributed by atoms with E-state index in [4.69, 9.17) is 26.7 Å². The lowest BCUT2D eigenvalue weighted by atomic mass is 10.2. The second-order valence-electron chi connectivity index (χ2n) is 9.46. The van der Waals surface area contributed by atoms with Crippen LogP contribution in [-0.2, 0) is 4.79 Å². The Morgan fingerprint density at radius 1 is 0.923 bits per heavy atom. The predicted octanol–water partition coefficient (Wildman–Crippen LogP) is 3.55. The van der Waals surface area contributed by atoms with Crippen LogP contribution >= 0.6 is 12.2 Å². The lowest BCUT2D eigenvalue weighted by Gasteiger charge is -2.38. The minimum absolute atomic E-state index is 0.0926. The highest BCUT2D eigenvalue weighted by Gasteiger charge is 2.33. The normalized spacial score (nSPS) is 17.0. The average Bonchev–Trinajstić information content (AvgIpc) is 2.93. The monoisotopic (exact) mass is 545 g/mol. The Kier molecular flexibility index (Phi) is 7.87. The molecule has 0 radical (unpaired) electrons. The first-order valence-corrected chi connectivity index (χ1v) is 13.2. The molecule has 5 rings (SSSR count). The van der Waals surface area contributed by atoms with E-state index in [1.807, 2.05) is 80.3 Å². The van der Waals surface area contributed by atoms with Crippen LogP contribution in [0.5, 0.6) is 11.5 Å². The molecule has 10 nitrogen and oxygen atoms in total. The molecule has 39 heavy (non-hydrogen) atoms. The molecule has 3 heterocycles. The van der Waals surface area contributed by atoms with Gasteiger partial charge in [-0.1, -0.05) is 30.3 Å². The number of hydrogen-bond acceptors (Lipinski definition) is 6. The van der Waals surface area contributed by atoms with Gasteiger partial charge in [0, 0.05) is 43.3 Å². The fourth-order valence-electron chi connectivity index (χ4n) is 4.50. The summed E-state index contributed by atoms with van der Waals surface area (Å²) in [6, 6.07) is 17.2. The fourth-order valence-corrected chi connectivity index (χ4v) is 4.69. The number of carbonyl (C=O) groups is 1. The maximum Gasteiger partial charge on any atom is 0.267 e. The second kappa shape index (κ2) is 11.6. The first-order chi connectivity index (χ1) is 18.9. The van der Waals surface area contributed by atoms with Crippen LogP contribution in [0.3, 0.4) is 0 Å². The molecule has 1 amide bonds. The molecule has 1 fully saturated rings. The number of aliphatic imine (C=N–C) groups is 1. The Labute approximate surface area is 233 Å². The molecule has 0 spiro atoms. The maximum absolute atomic E-state index is 13.2. The highest BCUT2D eigenvalue weighted by Crippen LogP contribution is 2.31. The number of ether oxygens (including phenoxy) is 2. The second-order valence-corrected chi connectivity index (χ2v) is 9.84. The number of guanidine groups is 1. The van der Waals surface area contributed by atoms with E-state index in [0.717, 1.165) is 22.6 Å². The van der Waals surface area contributed by atoms with Gasteiger partial charge in [0.1, 0.15) is 6.61 Å². The Morgan fingerprint density at radius 2 is 1.56 bits per heavy atom. The van der Waals surface area contributed by atoms with Gasteiger partial charge in [-0.15, -0.1) is 0 Å². The van der Waals surface area contributed by atoms with Gasteiger partial charge in [0.15, 0.2) is 11.5 Å². The van der Waals surface area contributed by atoms with E-state index in [2.05, 4.69) is 20.6 Å². The predicted molar refractivity (Wildman–Crippen MR) is 154 cm³/mol. The van der Waals surface area contributed by atoms with Crippen molar-refractivity contribution >= 4 is 40.8 Å². The minimum Gasteiger partial charge on any atom is -0.485 e. The zero-order valence-electron chi connectivity index (χ0n) is 22.2. The quantitative estimate of drug-likeness (QED) is 0.290. The van der Waals surface area contributed by atoms with E-state index in [9.17, 15) is 4.79 Å². The number of fused-ring (bicyclic) bond motifs is 1. The highest BCUT2D eigenvalue weighted by atomic mass is 32.1. The molecule has 0 saturated carbocycles. The van der Waals surface area contributed by atoms with Gasteiger partial charge in [-0.05, 0) is 62.8 Å². The van der Waals surface area contributed by atoms with Crippen molar-refractivity contribution in [2.45, 2.75) is 26.9 Å². The summed E-state index contributed by atoms with van der Waals surface area (Å²) in [5.41, 5.74) is 3.64. The van der Waals surface area contributed by atoms with Gasteiger partial charge in [0.2, 0.25) is 23.1 Å². The van der Waals surface area contributed by atoms with Gasteiger partial charge in [-0.2, -0.15) is 4.99 Å².